The Bertz CT molecular complexity index is 452. The highest BCUT2D eigenvalue weighted by atomic mass is 16.6. The van der Waals surface area contributed by atoms with Gasteiger partial charge >= 0.3 is 0 Å². The predicted octanol–water partition coefficient (Wildman–Crippen LogP) is 0.447. The number of hydrazine groups is 1. The van der Waals surface area contributed by atoms with Gasteiger partial charge in [0.1, 0.15) is 5.69 Å². The van der Waals surface area contributed by atoms with Gasteiger partial charge in [0.15, 0.2) is 0 Å². The summed E-state index contributed by atoms with van der Waals surface area (Å²) in [6, 6.07) is 4.85. The van der Waals surface area contributed by atoms with Crippen LogP contribution in [0.2, 0.25) is 0 Å². The van der Waals surface area contributed by atoms with Crippen LogP contribution in [0.1, 0.15) is 12.0 Å². The molecule has 18 heavy (non-hydrogen) atoms. The van der Waals surface area contributed by atoms with Crippen LogP contribution in [0, 0.1) is 10.1 Å². The van der Waals surface area contributed by atoms with E-state index >= 15 is 0 Å². The van der Waals surface area contributed by atoms with Crippen molar-refractivity contribution in [2.45, 2.75) is 19.1 Å². The van der Waals surface area contributed by atoms with Crippen LogP contribution in [0.15, 0.2) is 18.2 Å². The number of aliphatic hydroxyl groups excluding tert-OH is 1. The number of anilines is 1. The SMILES string of the molecule is NNc1c(CN2CCC(O)C2)cccc1[N+](=O)[O-]. The maximum absolute atomic E-state index is 10.9. The number of nitrogen functional groups attached to an aromatic ring is 1. The summed E-state index contributed by atoms with van der Waals surface area (Å²) in [4.78, 5) is 12.5. The van der Waals surface area contributed by atoms with Crippen LogP contribution in [0.5, 0.6) is 0 Å². The van der Waals surface area contributed by atoms with E-state index < -0.39 is 4.92 Å². The Kier molecular flexibility index (Phi) is 3.75. The summed E-state index contributed by atoms with van der Waals surface area (Å²) in [5, 5.41) is 20.3. The second-order valence-corrected chi connectivity index (χ2v) is 4.39. The highest BCUT2D eigenvalue weighted by Gasteiger charge is 2.23. The molecular formula is C11H16N4O3. The third-order valence-electron chi connectivity index (χ3n) is 3.11. The maximum Gasteiger partial charge on any atom is 0.293 e. The summed E-state index contributed by atoms with van der Waals surface area (Å²) in [5.41, 5.74) is 3.47. The Morgan fingerprint density at radius 1 is 1.61 bits per heavy atom. The first-order valence-corrected chi connectivity index (χ1v) is 5.75. The Balaban J connectivity index is 2.22. The van der Waals surface area contributed by atoms with Gasteiger partial charge < -0.3 is 10.5 Å². The average Bonchev–Trinajstić information content (AvgIpc) is 2.74. The number of likely N-dealkylation sites (tertiary alicyclic amines) is 1. The van der Waals surface area contributed by atoms with Gasteiger partial charge in [0, 0.05) is 25.7 Å². The van der Waals surface area contributed by atoms with E-state index in [9.17, 15) is 15.2 Å². The van der Waals surface area contributed by atoms with Gasteiger partial charge in [0.05, 0.1) is 11.0 Å². The molecule has 1 aromatic rings. The molecule has 1 aliphatic heterocycles. The lowest BCUT2D eigenvalue weighted by Gasteiger charge is -2.17. The number of rotatable bonds is 4. The summed E-state index contributed by atoms with van der Waals surface area (Å²) in [6.07, 6.45) is 0.429. The highest BCUT2D eigenvalue weighted by Crippen LogP contribution is 2.28. The number of nitro groups is 1. The number of nitrogens with one attached hydrogen (secondary N) is 1. The van der Waals surface area contributed by atoms with Gasteiger partial charge in [-0.05, 0) is 12.0 Å². The van der Waals surface area contributed by atoms with Crippen molar-refractivity contribution in [3.8, 4) is 0 Å². The Hall–Kier alpha value is -1.70. The first-order valence-electron chi connectivity index (χ1n) is 5.75. The molecule has 0 aliphatic carbocycles. The van der Waals surface area contributed by atoms with Crippen LogP contribution in [-0.4, -0.2) is 34.1 Å². The molecule has 0 spiro atoms. The van der Waals surface area contributed by atoms with Crippen LogP contribution in [0.4, 0.5) is 11.4 Å². The van der Waals surface area contributed by atoms with E-state index in [2.05, 4.69) is 5.43 Å². The summed E-state index contributed by atoms with van der Waals surface area (Å²) < 4.78 is 0. The first kappa shape index (κ1) is 12.7. The minimum absolute atomic E-state index is 0.0326. The predicted molar refractivity (Wildman–Crippen MR) is 66.8 cm³/mol. The van der Waals surface area contributed by atoms with Gasteiger partial charge in [-0.2, -0.15) is 0 Å². The number of nitro benzene ring substituents is 1. The summed E-state index contributed by atoms with van der Waals surface area (Å²) in [6.45, 7) is 1.92. The summed E-state index contributed by atoms with van der Waals surface area (Å²) >= 11 is 0. The molecule has 0 saturated carbocycles. The fourth-order valence-electron chi connectivity index (χ4n) is 2.23. The van der Waals surface area contributed by atoms with Gasteiger partial charge in [-0.1, -0.05) is 12.1 Å². The van der Waals surface area contributed by atoms with Crippen molar-refractivity contribution >= 4 is 11.4 Å². The molecule has 0 amide bonds. The molecule has 2 rings (SSSR count). The second kappa shape index (κ2) is 5.30. The van der Waals surface area contributed by atoms with Crippen LogP contribution in [0.25, 0.3) is 0 Å². The number of hydrogen-bond acceptors (Lipinski definition) is 6. The molecule has 1 saturated heterocycles. The largest absolute Gasteiger partial charge is 0.392 e. The topological polar surface area (TPSA) is 105 Å². The molecule has 1 fully saturated rings. The van der Waals surface area contributed by atoms with Crippen molar-refractivity contribution in [3.63, 3.8) is 0 Å². The number of nitrogens with two attached hydrogens (primary N) is 1. The molecule has 0 bridgehead atoms. The summed E-state index contributed by atoms with van der Waals surface area (Å²) in [5.74, 6) is 5.37. The zero-order chi connectivity index (χ0) is 13.1. The van der Waals surface area contributed by atoms with Crippen molar-refractivity contribution in [1.29, 1.82) is 0 Å². The van der Waals surface area contributed by atoms with E-state index in [0.717, 1.165) is 18.5 Å². The fraction of sp³-hybridized carbons (Fsp3) is 0.455. The summed E-state index contributed by atoms with van der Waals surface area (Å²) in [7, 11) is 0. The maximum atomic E-state index is 10.9. The molecule has 0 aromatic heterocycles. The van der Waals surface area contributed by atoms with Crippen molar-refractivity contribution < 1.29 is 10.0 Å². The minimum atomic E-state index is -0.461. The zero-order valence-corrected chi connectivity index (χ0v) is 9.87. The number of para-hydroxylation sites is 1. The smallest absolute Gasteiger partial charge is 0.293 e. The Morgan fingerprint density at radius 2 is 2.39 bits per heavy atom. The monoisotopic (exact) mass is 252 g/mol. The van der Waals surface area contributed by atoms with E-state index in [4.69, 9.17) is 5.84 Å². The molecule has 7 heteroatoms. The number of hydrogen-bond donors (Lipinski definition) is 3. The molecule has 1 heterocycles. The van der Waals surface area contributed by atoms with E-state index in [0.29, 0.717) is 18.8 Å². The third kappa shape index (κ3) is 2.58. The normalized spacial score (nSPS) is 20.0. The van der Waals surface area contributed by atoms with Gasteiger partial charge in [0.25, 0.3) is 5.69 Å². The van der Waals surface area contributed by atoms with E-state index in [-0.39, 0.29) is 11.8 Å². The van der Waals surface area contributed by atoms with Gasteiger partial charge in [-0.15, -0.1) is 0 Å². The minimum Gasteiger partial charge on any atom is -0.392 e. The van der Waals surface area contributed by atoms with E-state index in [1.54, 1.807) is 12.1 Å². The lowest BCUT2D eigenvalue weighted by atomic mass is 10.1. The van der Waals surface area contributed by atoms with Gasteiger partial charge in [0.2, 0.25) is 0 Å². The van der Waals surface area contributed by atoms with Crippen LogP contribution in [-0.2, 0) is 6.54 Å². The van der Waals surface area contributed by atoms with Crippen LogP contribution >= 0.6 is 0 Å². The standard InChI is InChI=1S/C11H16N4O3/c12-13-11-8(2-1-3-10(11)15(17)18)6-14-5-4-9(16)7-14/h1-3,9,13,16H,4-7,12H2. The lowest BCUT2D eigenvalue weighted by molar-refractivity contribution is -0.384. The quantitative estimate of drug-likeness (QED) is 0.408. The number of aliphatic hydroxyl groups is 1. The lowest BCUT2D eigenvalue weighted by Crippen LogP contribution is -2.23. The average molecular weight is 252 g/mol. The van der Waals surface area contributed by atoms with E-state index in [1.807, 2.05) is 4.90 Å². The molecule has 1 unspecified atom stereocenters. The number of β-amino-alcohol motifs (C(OH)–C–C–N with tert-alkyl or cyclic N) is 1. The fourth-order valence-corrected chi connectivity index (χ4v) is 2.23. The van der Waals surface area contributed by atoms with Crippen LogP contribution < -0.4 is 11.3 Å². The molecular weight excluding hydrogens is 236 g/mol. The van der Waals surface area contributed by atoms with Crippen molar-refractivity contribution in [2.75, 3.05) is 18.5 Å². The highest BCUT2D eigenvalue weighted by molar-refractivity contribution is 5.65. The molecule has 0 radical (unpaired) electrons. The van der Waals surface area contributed by atoms with Crippen LogP contribution in [0.3, 0.4) is 0 Å². The number of nitrogens with zero attached hydrogens (tertiary/aromatic N) is 2. The Morgan fingerprint density at radius 3 is 2.94 bits per heavy atom. The molecule has 1 atom stereocenters. The van der Waals surface area contributed by atoms with Crippen molar-refractivity contribution in [3.05, 3.63) is 33.9 Å². The molecule has 7 nitrogen and oxygen atoms in total. The first-order chi connectivity index (χ1) is 8.61. The van der Waals surface area contributed by atoms with Gasteiger partial charge in [-0.3, -0.25) is 20.9 Å². The molecule has 1 aromatic carbocycles. The van der Waals surface area contributed by atoms with Gasteiger partial charge in [-0.25, -0.2) is 0 Å². The number of benzene rings is 1. The second-order valence-electron chi connectivity index (χ2n) is 4.39. The van der Waals surface area contributed by atoms with Crippen molar-refractivity contribution in [1.82, 2.24) is 4.90 Å². The molecule has 4 N–H and O–H groups in total. The van der Waals surface area contributed by atoms with E-state index in [1.165, 1.54) is 6.07 Å². The molecule has 1 aliphatic rings. The zero-order valence-electron chi connectivity index (χ0n) is 9.87. The Labute approximate surface area is 104 Å². The third-order valence-corrected chi connectivity index (χ3v) is 3.11. The molecule has 98 valence electrons. The van der Waals surface area contributed by atoms with Crippen molar-refractivity contribution in [2.24, 2.45) is 5.84 Å².